The molecule has 4 nitrogen and oxygen atoms in total. The maximum absolute atomic E-state index is 12.7. The number of H-pyrrole nitrogens is 1. The molecule has 0 saturated carbocycles. The second-order valence-corrected chi connectivity index (χ2v) is 5.95. The van der Waals surface area contributed by atoms with Gasteiger partial charge in [0.1, 0.15) is 0 Å². The Morgan fingerprint density at radius 1 is 1.38 bits per heavy atom. The summed E-state index contributed by atoms with van der Waals surface area (Å²) in [6.07, 6.45) is 1.05. The van der Waals surface area contributed by atoms with Crippen LogP contribution in [-0.4, -0.2) is 41.5 Å². The summed E-state index contributed by atoms with van der Waals surface area (Å²) in [6.45, 7) is 8.80. The number of hydrogen-bond donors (Lipinski definition) is 2. The number of aromatic amines is 1. The lowest BCUT2D eigenvalue weighted by molar-refractivity contribution is 0.0702. The van der Waals surface area contributed by atoms with E-state index >= 15 is 0 Å². The van der Waals surface area contributed by atoms with Gasteiger partial charge in [0.05, 0.1) is 0 Å². The van der Waals surface area contributed by atoms with E-state index in [1.54, 1.807) is 0 Å². The van der Waals surface area contributed by atoms with Gasteiger partial charge in [-0.2, -0.15) is 0 Å². The lowest BCUT2D eigenvalue weighted by atomic mass is 10.1. The Morgan fingerprint density at radius 3 is 2.95 bits per heavy atom. The van der Waals surface area contributed by atoms with Crippen molar-refractivity contribution >= 4 is 16.8 Å². The number of carbonyl (C=O) groups is 1. The summed E-state index contributed by atoms with van der Waals surface area (Å²) in [7, 11) is 0. The third kappa shape index (κ3) is 2.56. The fourth-order valence-electron chi connectivity index (χ4n) is 3.06. The van der Waals surface area contributed by atoms with Crippen LogP contribution in [0.4, 0.5) is 0 Å². The molecule has 1 atom stereocenters. The van der Waals surface area contributed by atoms with Crippen molar-refractivity contribution < 1.29 is 4.79 Å². The highest BCUT2D eigenvalue weighted by molar-refractivity contribution is 5.99. The largest absolute Gasteiger partial charge is 0.358 e. The van der Waals surface area contributed by atoms with Crippen LogP contribution in [0.1, 0.15) is 35.0 Å². The Bertz CT molecular complexity index is 674. The zero-order valence-corrected chi connectivity index (χ0v) is 13.0. The number of rotatable bonds is 2. The number of benzene rings is 1. The highest BCUT2D eigenvalue weighted by atomic mass is 16.2. The normalized spacial score (nSPS) is 19.2. The monoisotopic (exact) mass is 285 g/mol. The highest BCUT2D eigenvalue weighted by Gasteiger charge is 2.23. The number of piperazine rings is 1. The van der Waals surface area contributed by atoms with Crippen molar-refractivity contribution in [3.8, 4) is 0 Å². The van der Waals surface area contributed by atoms with Gasteiger partial charge in [0.2, 0.25) is 0 Å². The number of fused-ring (bicyclic) bond motifs is 1. The highest BCUT2D eigenvalue weighted by Crippen LogP contribution is 2.23. The van der Waals surface area contributed by atoms with Crippen molar-refractivity contribution in [1.29, 1.82) is 0 Å². The van der Waals surface area contributed by atoms with Crippen LogP contribution in [0.25, 0.3) is 10.9 Å². The zero-order chi connectivity index (χ0) is 15.0. The molecule has 0 spiro atoms. The minimum atomic E-state index is 0.148. The number of aryl methyl sites for hydroxylation is 2. The van der Waals surface area contributed by atoms with Gasteiger partial charge in [-0.25, -0.2) is 0 Å². The second kappa shape index (κ2) is 5.53. The molecule has 1 amide bonds. The van der Waals surface area contributed by atoms with E-state index in [1.165, 1.54) is 11.3 Å². The van der Waals surface area contributed by atoms with E-state index in [2.05, 4.69) is 31.1 Å². The predicted octanol–water partition coefficient (Wildman–Crippen LogP) is 2.61. The fourth-order valence-corrected chi connectivity index (χ4v) is 3.06. The number of amides is 1. The van der Waals surface area contributed by atoms with E-state index in [9.17, 15) is 4.79 Å². The molecule has 0 unspecified atom stereocenters. The maximum atomic E-state index is 12.7. The van der Waals surface area contributed by atoms with E-state index in [-0.39, 0.29) is 5.91 Å². The zero-order valence-electron chi connectivity index (χ0n) is 13.0. The molecule has 2 N–H and O–H groups in total. The minimum Gasteiger partial charge on any atom is -0.358 e. The van der Waals surface area contributed by atoms with Crippen molar-refractivity contribution in [3.63, 3.8) is 0 Å². The average molecular weight is 285 g/mol. The first-order valence-corrected chi connectivity index (χ1v) is 7.71. The third-order valence-corrected chi connectivity index (χ3v) is 4.59. The Hall–Kier alpha value is -1.81. The van der Waals surface area contributed by atoms with Gasteiger partial charge >= 0.3 is 0 Å². The maximum Gasteiger partial charge on any atom is 0.253 e. The number of aromatic nitrogens is 1. The molecule has 0 bridgehead atoms. The molecule has 1 aromatic heterocycles. The van der Waals surface area contributed by atoms with Crippen molar-refractivity contribution in [3.05, 3.63) is 35.0 Å². The van der Waals surface area contributed by atoms with Crippen LogP contribution in [-0.2, 0) is 0 Å². The molecule has 2 aromatic rings. The van der Waals surface area contributed by atoms with E-state index in [0.717, 1.165) is 42.5 Å². The molecule has 1 aliphatic rings. The molecular weight excluding hydrogens is 262 g/mol. The molecule has 1 aliphatic heterocycles. The topological polar surface area (TPSA) is 48.1 Å². The van der Waals surface area contributed by atoms with Gasteiger partial charge in [0.25, 0.3) is 5.91 Å². The van der Waals surface area contributed by atoms with Gasteiger partial charge in [-0.15, -0.1) is 0 Å². The molecule has 1 fully saturated rings. The molecule has 112 valence electrons. The summed E-state index contributed by atoms with van der Waals surface area (Å²) in [4.78, 5) is 18.0. The average Bonchev–Trinajstić information content (AvgIpc) is 2.81. The molecule has 0 radical (unpaired) electrons. The van der Waals surface area contributed by atoms with Crippen LogP contribution >= 0.6 is 0 Å². The van der Waals surface area contributed by atoms with Crippen LogP contribution in [0, 0.1) is 13.8 Å². The molecule has 1 saturated heterocycles. The molecule has 3 rings (SSSR count). The van der Waals surface area contributed by atoms with Gasteiger partial charge in [0, 0.05) is 47.8 Å². The van der Waals surface area contributed by atoms with E-state index < -0.39 is 0 Å². The van der Waals surface area contributed by atoms with Gasteiger partial charge in [-0.1, -0.05) is 6.92 Å². The van der Waals surface area contributed by atoms with Gasteiger partial charge in [-0.05, 0) is 44.0 Å². The molecular formula is C17H23N3O. The first kappa shape index (κ1) is 14.1. The Kier molecular flexibility index (Phi) is 3.72. The van der Waals surface area contributed by atoms with E-state index in [0.29, 0.717) is 6.04 Å². The number of hydrogen-bond acceptors (Lipinski definition) is 2. The standard InChI is InChI=1S/C17H23N3O/c1-4-14-10-20(8-7-18-14)17(21)13-5-6-16-15(9-13)11(2)12(3)19-16/h5-6,9,14,18-19H,4,7-8,10H2,1-3H3/t14-/m0/s1. The summed E-state index contributed by atoms with van der Waals surface area (Å²) in [5, 5.41) is 4.60. The van der Waals surface area contributed by atoms with Crippen LogP contribution in [0.3, 0.4) is 0 Å². The smallest absolute Gasteiger partial charge is 0.253 e. The first-order valence-electron chi connectivity index (χ1n) is 7.71. The summed E-state index contributed by atoms with van der Waals surface area (Å²) in [5.41, 5.74) is 4.30. The Morgan fingerprint density at radius 2 is 2.19 bits per heavy atom. The van der Waals surface area contributed by atoms with Crippen LogP contribution in [0.15, 0.2) is 18.2 Å². The third-order valence-electron chi connectivity index (χ3n) is 4.59. The summed E-state index contributed by atoms with van der Waals surface area (Å²) in [6, 6.07) is 6.40. The number of nitrogens with zero attached hydrogens (tertiary/aromatic N) is 1. The first-order chi connectivity index (χ1) is 10.1. The fraction of sp³-hybridized carbons (Fsp3) is 0.471. The van der Waals surface area contributed by atoms with Crippen LogP contribution in [0.5, 0.6) is 0 Å². The number of carbonyl (C=O) groups excluding carboxylic acids is 1. The predicted molar refractivity (Wildman–Crippen MR) is 85.8 cm³/mol. The van der Waals surface area contributed by atoms with Crippen LogP contribution in [0.2, 0.25) is 0 Å². The Balaban J connectivity index is 1.89. The second-order valence-electron chi connectivity index (χ2n) is 5.95. The summed E-state index contributed by atoms with van der Waals surface area (Å²) < 4.78 is 0. The van der Waals surface area contributed by atoms with E-state index in [4.69, 9.17) is 0 Å². The van der Waals surface area contributed by atoms with Crippen molar-refractivity contribution in [2.24, 2.45) is 0 Å². The van der Waals surface area contributed by atoms with Gasteiger partial charge in [-0.3, -0.25) is 4.79 Å². The van der Waals surface area contributed by atoms with E-state index in [1.807, 2.05) is 23.1 Å². The van der Waals surface area contributed by atoms with Crippen molar-refractivity contribution in [2.75, 3.05) is 19.6 Å². The van der Waals surface area contributed by atoms with Gasteiger partial charge in [0.15, 0.2) is 0 Å². The lowest BCUT2D eigenvalue weighted by Gasteiger charge is -2.33. The van der Waals surface area contributed by atoms with Crippen LogP contribution < -0.4 is 5.32 Å². The van der Waals surface area contributed by atoms with Gasteiger partial charge < -0.3 is 15.2 Å². The quantitative estimate of drug-likeness (QED) is 0.891. The molecule has 1 aromatic carbocycles. The lowest BCUT2D eigenvalue weighted by Crippen LogP contribution is -2.52. The number of nitrogens with one attached hydrogen (secondary N) is 2. The molecule has 21 heavy (non-hydrogen) atoms. The Labute approximate surface area is 125 Å². The SMILES string of the molecule is CC[C@H]1CN(C(=O)c2ccc3[nH]c(C)c(C)c3c2)CCN1. The molecule has 4 heteroatoms. The molecule has 0 aliphatic carbocycles. The summed E-state index contributed by atoms with van der Waals surface area (Å²) in [5.74, 6) is 0.148. The summed E-state index contributed by atoms with van der Waals surface area (Å²) >= 11 is 0. The minimum absolute atomic E-state index is 0.148. The van der Waals surface area contributed by atoms with Crippen molar-refractivity contribution in [2.45, 2.75) is 33.2 Å². The molecule has 2 heterocycles. The van der Waals surface area contributed by atoms with Crippen molar-refractivity contribution in [1.82, 2.24) is 15.2 Å².